The second-order valence-corrected chi connectivity index (χ2v) is 5.60. The fraction of sp³-hybridized carbons (Fsp3) is 0.429. The quantitative estimate of drug-likeness (QED) is 0.833. The van der Waals surface area contributed by atoms with Gasteiger partial charge in [-0.1, -0.05) is 11.6 Å². The van der Waals surface area contributed by atoms with Crippen LogP contribution in [0.1, 0.15) is 17.9 Å². The van der Waals surface area contributed by atoms with E-state index in [-0.39, 0.29) is 29.2 Å². The number of nitrogens with zero attached hydrogens (tertiary/aromatic N) is 4. The van der Waals surface area contributed by atoms with Crippen molar-refractivity contribution in [2.45, 2.75) is 18.5 Å². The molecule has 2 heterocycles. The van der Waals surface area contributed by atoms with E-state index >= 15 is 0 Å². The number of aromatic nitrogens is 4. The summed E-state index contributed by atoms with van der Waals surface area (Å²) in [6, 6.07) is 1.57. The summed E-state index contributed by atoms with van der Waals surface area (Å²) in [6.45, 7) is 0. The number of ether oxygens (including phenoxy) is 2. The Kier molecular flexibility index (Phi) is 4.20. The van der Waals surface area contributed by atoms with Gasteiger partial charge in [0.15, 0.2) is 5.15 Å². The third kappa shape index (κ3) is 3.08. The molecule has 128 valence electrons. The average Bonchev–Trinajstić information content (AvgIpc) is 3.35. The molecule has 0 amide bonds. The molecular weight excluding hydrogens is 349 g/mol. The molecule has 2 aromatic rings. The van der Waals surface area contributed by atoms with Crippen LogP contribution in [0.15, 0.2) is 12.3 Å². The molecule has 24 heavy (non-hydrogen) atoms. The first kappa shape index (κ1) is 16.7. The topological polar surface area (TPSA) is 70.0 Å². The second kappa shape index (κ2) is 6.04. The van der Waals surface area contributed by atoms with E-state index in [0.717, 1.165) is 0 Å². The molecule has 1 saturated carbocycles. The van der Waals surface area contributed by atoms with Crippen LogP contribution in [0.25, 0.3) is 11.3 Å². The van der Waals surface area contributed by atoms with Crippen molar-refractivity contribution < 1.29 is 22.6 Å². The van der Waals surface area contributed by atoms with Crippen molar-refractivity contribution in [1.82, 2.24) is 20.2 Å². The summed E-state index contributed by atoms with van der Waals surface area (Å²) < 4.78 is 48.5. The van der Waals surface area contributed by atoms with E-state index in [1.54, 1.807) is 0 Å². The van der Waals surface area contributed by atoms with E-state index in [2.05, 4.69) is 20.2 Å². The molecule has 0 aromatic carbocycles. The fourth-order valence-corrected chi connectivity index (χ4v) is 2.70. The van der Waals surface area contributed by atoms with Gasteiger partial charge >= 0.3 is 12.2 Å². The normalized spacial score (nSPS) is 19.9. The highest BCUT2D eigenvalue weighted by Crippen LogP contribution is 2.57. The van der Waals surface area contributed by atoms with Crippen LogP contribution in [-0.2, 0) is 0 Å². The molecule has 3 rings (SSSR count). The molecule has 2 aromatic heterocycles. The van der Waals surface area contributed by atoms with Crippen LogP contribution in [0, 0.1) is 5.92 Å². The number of hydrogen-bond donors (Lipinski definition) is 0. The lowest BCUT2D eigenvalue weighted by Gasteiger charge is -2.10. The first-order valence-electron chi connectivity index (χ1n) is 6.90. The fourth-order valence-electron chi connectivity index (χ4n) is 2.46. The van der Waals surface area contributed by atoms with E-state index in [0.29, 0.717) is 11.1 Å². The Morgan fingerprint density at radius 1 is 1.21 bits per heavy atom. The van der Waals surface area contributed by atoms with Crippen molar-refractivity contribution in [2.24, 2.45) is 5.92 Å². The molecule has 0 aliphatic heterocycles. The monoisotopic (exact) mass is 360 g/mol. The number of methoxy groups -OCH3 is 2. The highest BCUT2D eigenvalue weighted by molar-refractivity contribution is 6.30. The molecule has 2 atom stereocenters. The number of alkyl halides is 3. The molecule has 1 fully saturated rings. The molecule has 1 aliphatic rings. The van der Waals surface area contributed by atoms with Crippen molar-refractivity contribution >= 4 is 11.6 Å². The highest BCUT2D eigenvalue weighted by Gasteiger charge is 2.56. The van der Waals surface area contributed by atoms with E-state index in [1.807, 2.05) is 0 Å². The van der Waals surface area contributed by atoms with Crippen LogP contribution in [0.3, 0.4) is 0 Å². The predicted molar refractivity (Wildman–Crippen MR) is 78.1 cm³/mol. The van der Waals surface area contributed by atoms with Crippen LogP contribution in [0.4, 0.5) is 13.2 Å². The van der Waals surface area contributed by atoms with Crippen molar-refractivity contribution in [3.63, 3.8) is 0 Å². The zero-order chi connectivity index (χ0) is 17.5. The lowest BCUT2D eigenvalue weighted by atomic mass is 10.1. The van der Waals surface area contributed by atoms with Crippen LogP contribution in [0.2, 0.25) is 5.15 Å². The van der Waals surface area contributed by atoms with Gasteiger partial charge in [0.2, 0.25) is 5.88 Å². The molecule has 0 radical (unpaired) electrons. The Morgan fingerprint density at radius 2 is 1.96 bits per heavy atom. The molecule has 1 aliphatic carbocycles. The molecule has 0 spiro atoms. The van der Waals surface area contributed by atoms with Gasteiger partial charge in [0.1, 0.15) is 5.69 Å². The van der Waals surface area contributed by atoms with Crippen molar-refractivity contribution in [1.29, 1.82) is 0 Å². The minimum absolute atomic E-state index is 0.00932. The van der Waals surface area contributed by atoms with E-state index in [4.69, 9.17) is 21.1 Å². The minimum Gasteiger partial charge on any atom is -0.480 e. The Labute approximate surface area is 140 Å². The van der Waals surface area contributed by atoms with Crippen LogP contribution < -0.4 is 9.47 Å². The Morgan fingerprint density at radius 3 is 2.54 bits per heavy atom. The minimum atomic E-state index is -4.25. The standard InChI is InChI=1S/C14H12ClF3N4O2/c1-23-12-8(5-19-13(20-12)24-2)10-4-7(11(15)22-21-10)6-3-9(6)14(16,17)18/h4-6,9H,3H2,1-2H3. The first-order valence-corrected chi connectivity index (χ1v) is 7.28. The van der Waals surface area contributed by atoms with E-state index in [1.165, 1.54) is 26.5 Å². The van der Waals surface area contributed by atoms with Gasteiger partial charge in [-0.25, -0.2) is 4.98 Å². The van der Waals surface area contributed by atoms with Gasteiger partial charge in [-0.3, -0.25) is 0 Å². The zero-order valence-corrected chi connectivity index (χ0v) is 13.4. The number of rotatable bonds is 4. The average molecular weight is 361 g/mol. The summed E-state index contributed by atoms with van der Waals surface area (Å²) in [4.78, 5) is 7.97. The van der Waals surface area contributed by atoms with Crippen LogP contribution >= 0.6 is 11.6 Å². The number of hydrogen-bond acceptors (Lipinski definition) is 6. The maximum atomic E-state index is 12.8. The summed E-state index contributed by atoms with van der Waals surface area (Å²) in [7, 11) is 2.80. The van der Waals surface area contributed by atoms with Gasteiger partial charge in [0.25, 0.3) is 0 Å². The Bertz CT molecular complexity index is 772. The van der Waals surface area contributed by atoms with Crippen molar-refractivity contribution in [3.8, 4) is 23.1 Å². The Hall–Kier alpha value is -2.16. The smallest absolute Gasteiger partial charge is 0.392 e. The zero-order valence-electron chi connectivity index (χ0n) is 12.6. The summed E-state index contributed by atoms with van der Waals surface area (Å²) >= 11 is 5.93. The summed E-state index contributed by atoms with van der Waals surface area (Å²) in [5.74, 6) is -1.94. The van der Waals surface area contributed by atoms with Gasteiger partial charge in [0.05, 0.1) is 25.7 Å². The molecule has 0 saturated heterocycles. The van der Waals surface area contributed by atoms with Gasteiger partial charge in [-0.05, 0) is 24.0 Å². The second-order valence-electron chi connectivity index (χ2n) is 5.25. The maximum absolute atomic E-state index is 12.8. The summed E-state index contributed by atoms with van der Waals surface area (Å²) in [5, 5.41) is 7.63. The molecular formula is C14H12ClF3N4O2. The first-order chi connectivity index (χ1) is 11.3. The molecule has 0 N–H and O–H groups in total. The SMILES string of the molecule is COc1ncc(-c2cc(C3CC3C(F)(F)F)c(Cl)nn2)c(OC)n1. The highest BCUT2D eigenvalue weighted by atomic mass is 35.5. The third-order valence-electron chi connectivity index (χ3n) is 3.77. The van der Waals surface area contributed by atoms with Gasteiger partial charge < -0.3 is 9.47 Å². The summed E-state index contributed by atoms with van der Waals surface area (Å²) in [5.41, 5.74) is 0.969. The van der Waals surface area contributed by atoms with Crippen molar-refractivity contribution in [3.05, 3.63) is 23.0 Å². The maximum Gasteiger partial charge on any atom is 0.392 e. The van der Waals surface area contributed by atoms with Gasteiger partial charge in [-0.15, -0.1) is 10.2 Å². The molecule has 2 unspecified atom stereocenters. The number of halogens is 4. The molecule has 6 nitrogen and oxygen atoms in total. The van der Waals surface area contributed by atoms with Crippen molar-refractivity contribution in [2.75, 3.05) is 14.2 Å². The summed E-state index contributed by atoms with van der Waals surface area (Å²) in [6.07, 6.45) is -2.86. The molecule has 0 bridgehead atoms. The van der Waals surface area contributed by atoms with Gasteiger partial charge in [0, 0.05) is 6.20 Å². The molecule has 10 heteroatoms. The van der Waals surface area contributed by atoms with E-state index < -0.39 is 18.0 Å². The largest absolute Gasteiger partial charge is 0.480 e. The lowest BCUT2D eigenvalue weighted by Crippen LogP contribution is -2.11. The Balaban J connectivity index is 1.98. The van der Waals surface area contributed by atoms with Crippen LogP contribution in [-0.4, -0.2) is 40.6 Å². The van der Waals surface area contributed by atoms with Gasteiger partial charge in [-0.2, -0.15) is 18.2 Å². The predicted octanol–water partition coefficient (Wildman–Crippen LogP) is 3.27. The van der Waals surface area contributed by atoms with Crippen LogP contribution in [0.5, 0.6) is 11.9 Å². The third-order valence-corrected chi connectivity index (χ3v) is 4.06. The lowest BCUT2D eigenvalue weighted by molar-refractivity contribution is -0.148. The van der Waals surface area contributed by atoms with E-state index in [9.17, 15) is 13.2 Å².